The van der Waals surface area contributed by atoms with E-state index in [1.165, 1.54) is 5.56 Å². The van der Waals surface area contributed by atoms with Crippen LogP contribution in [0.25, 0.3) is 0 Å². The van der Waals surface area contributed by atoms with Crippen LogP contribution in [-0.2, 0) is 6.42 Å². The minimum atomic E-state index is -0.390. The van der Waals surface area contributed by atoms with Gasteiger partial charge < -0.3 is 5.11 Å². The van der Waals surface area contributed by atoms with Gasteiger partial charge in [0.25, 0.3) is 0 Å². The summed E-state index contributed by atoms with van der Waals surface area (Å²) in [6.45, 7) is 2.03. The van der Waals surface area contributed by atoms with Crippen LogP contribution < -0.4 is 0 Å². The van der Waals surface area contributed by atoms with Crippen LogP contribution >= 0.6 is 15.9 Å². The van der Waals surface area contributed by atoms with Crippen molar-refractivity contribution in [1.82, 2.24) is 0 Å². The lowest BCUT2D eigenvalue weighted by Gasteiger charge is -2.14. The van der Waals surface area contributed by atoms with Crippen molar-refractivity contribution in [2.75, 3.05) is 0 Å². The van der Waals surface area contributed by atoms with Gasteiger partial charge in [0.15, 0.2) is 0 Å². The Bertz CT molecular complexity index is 508. The molecule has 2 aromatic rings. The predicted octanol–water partition coefficient (Wildman–Crippen LogP) is 4.42. The van der Waals surface area contributed by atoms with E-state index >= 15 is 0 Å². The molecule has 2 aromatic carbocycles. The highest BCUT2D eigenvalue weighted by Gasteiger charge is 2.10. The third-order valence-electron chi connectivity index (χ3n) is 3.14. The molecule has 0 saturated heterocycles. The summed E-state index contributed by atoms with van der Waals surface area (Å²) in [6, 6.07) is 16.3. The summed E-state index contributed by atoms with van der Waals surface area (Å²) in [6.07, 6.45) is 1.27. The van der Waals surface area contributed by atoms with E-state index in [9.17, 15) is 5.11 Å². The second-order valence-electron chi connectivity index (χ2n) is 4.54. The monoisotopic (exact) mass is 304 g/mol. The zero-order valence-electron chi connectivity index (χ0n) is 10.4. The maximum atomic E-state index is 10.2. The maximum Gasteiger partial charge on any atom is 0.0795 e. The predicted molar refractivity (Wildman–Crippen MR) is 78.6 cm³/mol. The van der Waals surface area contributed by atoms with Crippen molar-refractivity contribution in [3.8, 4) is 0 Å². The van der Waals surface area contributed by atoms with Crippen molar-refractivity contribution in [2.45, 2.75) is 25.9 Å². The summed E-state index contributed by atoms with van der Waals surface area (Å²) in [4.78, 5) is 0. The molecule has 0 aliphatic carbocycles. The van der Waals surface area contributed by atoms with Crippen molar-refractivity contribution in [3.05, 3.63) is 69.7 Å². The van der Waals surface area contributed by atoms with Gasteiger partial charge in [0.2, 0.25) is 0 Å². The van der Waals surface area contributed by atoms with Crippen molar-refractivity contribution in [2.24, 2.45) is 0 Å². The second-order valence-corrected chi connectivity index (χ2v) is 5.46. The average molecular weight is 305 g/mol. The van der Waals surface area contributed by atoms with Crippen LogP contribution in [0.5, 0.6) is 0 Å². The summed E-state index contributed by atoms with van der Waals surface area (Å²) in [7, 11) is 0. The van der Waals surface area contributed by atoms with E-state index < -0.39 is 6.10 Å². The third-order valence-corrected chi connectivity index (χ3v) is 3.63. The molecule has 0 fully saturated rings. The lowest BCUT2D eigenvalue weighted by atomic mass is 9.98. The summed E-state index contributed by atoms with van der Waals surface area (Å²) in [5.74, 6) is 0. The first kappa shape index (κ1) is 13.3. The van der Waals surface area contributed by atoms with Gasteiger partial charge in [0.1, 0.15) is 0 Å². The van der Waals surface area contributed by atoms with Crippen molar-refractivity contribution in [3.63, 3.8) is 0 Å². The minimum absolute atomic E-state index is 0.390. The molecule has 0 saturated carbocycles. The van der Waals surface area contributed by atoms with Gasteiger partial charge in [-0.1, -0.05) is 52.3 Å². The number of hydrogen-bond donors (Lipinski definition) is 1. The van der Waals surface area contributed by atoms with E-state index in [1.54, 1.807) is 0 Å². The first-order valence-corrected chi connectivity index (χ1v) is 6.94. The Morgan fingerprint density at radius 2 is 1.83 bits per heavy atom. The van der Waals surface area contributed by atoms with Crippen LogP contribution in [0.1, 0.15) is 29.2 Å². The number of aliphatic hydroxyl groups excluding tert-OH is 1. The first-order chi connectivity index (χ1) is 8.66. The van der Waals surface area contributed by atoms with Crippen LogP contribution in [0.15, 0.2) is 53.0 Å². The molecule has 0 aliphatic heterocycles. The zero-order chi connectivity index (χ0) is 13.0. The highest BCUT2D eigenvalue weighted by molar-refractivity contribution is 9.10. The lowest BCUT2D eigenvalue weighted by molar-refractivity contribution is 0.167. The zero-order valence-corrected chi connectivity index (χ0v) is 12.0. The molecule has 0 spiro atoms. The van der Waals surface area contributed by atoms with Crippen molar-refractivity contribution < 1.29 is 5.11 Å². The Morgan fingerprint density at radius 3 is 2.50 bits per heavy atom. The summed E-state index contributed by atoms with van der Waals surface area (Å²) in [5.41, 5.74) is 3.42. The molecule has 1 nitrogen and oxygen atoms in total. The maximum absolute atomic E-state index is 10.2. The molecule has 0 aliphatic rings. The number of halogens is 1. The molecule has 18 heavy (non-hydrogen) atoms. The Kier molecular flexibility index (Phi) is 4.56. The smallest absolute Gasteiger partial charge is 0.0795 e. The number of aliphatic hydroxyl groups is 1. The van der Waals surface area contributed by atoms with E-state index in [-0.39, 0.29) is 0 Å². The number of aryl methyl sites for hydroxylation is 2. The van der Waals surface area contributed by atoms with Gasteiger partial charge in [0.05, 0.1) is 6.10 Å². The molecular weight excluding hydrogens is 288 g/mol. The fraction of sp³-hybridized carbons (Fsp3) is 0.250. The summed E-state index contributed by atoms with van der Waals surface area (Å²) in [5, 5.41) is 10.2. The first-order valence-electron chi connectivity index (χ1n) is 6.15. The second kappa shape index (κ2) is 6.17. The quantitative estimate of drug-likeness (QED) is 0.886. The van der Waals surface area contributed by atoms with Gasteiger partial charge in [-0.2, -0.15) is 0 Å². The molecule has 0 heterocycles. The molecule has 0 aromatic heterocycles. The molecule has 2 rings (SSSR count). The van der Waals surface area contributed by atoms with Gasteiger partial charge in [-0.05, 0) is 48.6 Å². The molecule has 1 N–H and O–H groups in total. The summed E-state index contributed by atoms with van der Waals surface area (Å²) < 4.78 is 1.05. The van der Waals surface area contributed by atoms with Gasteiger partial charge in [0, 0.05) is 4.47 Å². The van der Waals surface area contributed by atoms with Crippen LogP contribution in [0, 0.1) is 6.92 Å². The van der Waals surface area contributed by atoms with Gasteiger partial charge >= 0.3 is 0 Å². The standard InChI is InChI=1S/C16H17BrO/c1-12-11-14(17)8-9-15(12)16(18)10-7-13-5-3-2-4-6-13/h2-6,8-9,11,16,18H,7,10H2,1H3. The Labute approximate surface area is 117 Å². The highest BCUT2D eigenvalue weighted by atomic mass is 79.9. The van der Waals surface area contributed by atoms with E-state index in [4.69, 9.17) is 0 Å². The minimum Gasteiger partial charge on any atom is -0.388 e. The van der Waals surface area contributed by atoms with Gasteiger partial charge in [-0.15, -0.1) is 0 Å². The fourth-order valence-corrected chi connectivity index (χ4v) is 2.59. The topological polar surface area (TPSA) is 20.2 Å². The summed E-state index contributed by atoms with van der Waals surface area (Å²) >= 11 is 3.44. The van der Waals surface area contributed by atoms with E-state index in [0.29, 0.717) is 0 Å². The molecule has 94 valence electrons. The van der Waals surface area contributed by atoms with Gasteiger partial charge in [-0.25, -0.2) is 0 Å². The number of benzene rings is 2. The Balaban J connectivity index is 2.01. The molecule has 1 unspecified atom stereocenters. The van der Waals surface area contributed by atoms with Crippen LogP contribution in [0.3, 0.4) is 0 Å². The van der Waals surface area contributed by atoms with Crippen LogP contribution in [-0.4, -0.2) is 5.11 Å². The molecule has 1 atom stereocenters. The largest absolute Gasteiger partial charge is 0.388 e. The molecule has 2 heteroatoms. The Morgan fingerprint density at radius 1 is 1.11 bits per heavy atom. The molecule has 0 bridgehead atoms. The van der Waals surface area contributed by atoms with Crippen LogP contribution in [0.4, 0.5) is 0 Å². The number of hydrogen-bond acceptors (Lipinski definition) is 1. The third kappa shape index (κ3) is 3.44. The van der Waals surface area contributed by atoms with E-state index in [1.807, 2.05) is 43.3 Å². The van der Waals surface area contributed by atoms with Crippen LogP contribution in [0.2, 0.25) is 0 Å². The molecule has 0 amide bonds. The fourth-order valence-electron chi connectivity index (χ4n) is 2.12. The van der Waals surface area contributed by atoms with Gasteiger partial charge in [-0.3, -0.25) is 0 Å². The lowest BCUT2D eigenvalue weighted by Crippen LogP contribution is -2.02. The SMILES string of the molecule is Cc1cc(Br)ccc1C(O)CCc1ccccc1. The van der Waals surface area contributed by atoms with Crippen molar-refractivity contribution in [1.29, 1.82) is 0 Å². The Hall–Kier alpha value is -1.12. The normalized spacial score (nSPS) is 12.4. The van der Waals surface area contributed by atoms with E-state index in [0.717, 1.165) is 28.4 Å². The van der Waals surface area contributed by atoms with E-state index in [2.05, 4.69) is 28.1 Å². The van der Waals surface area contributed by atoms with Crippen molar-refractivity contribution >= 4 is 15.9 Å². The average Bonchev–Trinajstić information content (AvgIpc) is 2.37. The molecular formula is C16H17BrO. The molecule has 0 radical (unpaired) electrons. The highest BCUT2D eigenvalue weighted by Crippen LogP contribution is 2.24. The number of rotatable bonds is 4.